The van der Waals surface area contributed by atoms with Crippen molar-refractivity contribution in [2.24, 2.45) is 5.92 Å². The van der Waals surface area contributed by atoms with Gasteiger partial charge in [-0.1, -0.05) is 24.3 Å². The molecule has 0 saturated heterocycles. The second-order valence-corrected chi connectivity index (χ2v) is 8.03. The molecular weight excluding hydrogens is 353 g/mol. The fourth-order valence-corrected chi connectivity index (χ4v) is 4.28. The first-order valence-electron chi connectivity index (χ1n) is 9.83. The van der Waals surface area contributed by atoms with Gasteiger partial charge in [-0.15, -0.1) is 0 Å². The zero-order chi connectivity index (χ0) is 20.3. The van der Waals surface area contributed by atoms with Gasteiger partial charge < -0.3 is 14.7 Å². The highest BCUT2D eigenvalue weighted by atomic mass is 19.1. The van der Waals surface area contributed by atoms with Crippen LogP contribution in [0.4, 0.5) is 4.39 Å². The Morgan fingerprint density at radius 2 is 2.04 bits per heavy atom. The molecule has 3 nitrogen and oxygen atoms in total. The van der Waals surface area contributed by atoms with E-state index in [9.17, 15) is 9.50 Å². The van der Waals surface area contributed by atoms with Gasteiger partial charge in [0.25, 0.3) is 0 Å². The van der Waals surface area contributed by atoms with E-state index in [4.69, 9.17) is 4.74 Å². The van der Waals surface area contributed by atoms with E-state index in [0.29, 0.717) is 5.56 Å². The summed E-state index contributed by atoms with van der Waals surface area (Å²) in [6, 6.07) is 12.8. The van der Waals surface area contributed by atoms with Crippen molar-refractivity contribution >= 4 is 6.08 Å². The van der Waals surface area contributed by atoms with Crippen LogP contribution >= 0.6 is 0 Å². The number of aliphatic hydroxyl groups is 1. The number of hydrogen-bond donors (Lipinski definition) is 1. The van der Waals surface area contributed by atoms with Crippen molar-refractivity contribution in [3.05, 3.63) is 70.5 Å². The molecule has 0 aliphatic heterocycles. The molecule has 1 aliphatic rings. The van der Waals surface area contributed by atoms with Crippen LogP contribution in [0.2, 0.25) is 0 Å². The van der Waals surface area contributed by atoms with Crippen molar-refractivity contribution in [3.63, 3.8) is 0 Å². The molecule has 1 aliphatic carbocycles. The molecule has 150 valence electrons. The van der Waals surface area contributed by atoms with Crippen LogP contribution < -0.4 is 4.74 Å². The summed E-state index contributed by atoms with van der Waals surface area (Å²) in [7, 11) is 5.70. The minimum atomic E-state index is -1.12. The topological polar surface area (TPSA) is 32.7 Å². The van der Waals surface area contributed by atoms with E-state index in [1.807, 2.05) is 38.4 Å². The number of methoxy groups -OCH3 is 1. The zero-order valence-corrected chi connectivity index (χ0v) is 17.2. The fraction of sp³-hybridized carbons (Fsp3) is 0.417. The normalized spacial score (nSPS) is 24.0. The van der Waals surface area contributed by atoms with Gasteiger partial charge in [-0.25, -0.2) is 4.39 Å². The van der Waals surface area contributed by atoms with Crippen LogP contribution in [0, 0.1) is 18.7 Å². The van der Waals surface area contributed by atoms with E-state index in [1.165, 1.54) is 6.07 Å². The fourth-order valence-electron chi connectivity index (χ4n) is 4.28. The number of benzene rings is 2. The van der Waals surface area contributed by atoms with Gasteiger partial charge >= 0.3 is 0 Å². The number of aryl methyl sites for hydroxylation is 1. The van der Waals surface area contributed by atoms with E-state index in [1.54, 1.807) is 26.2 Å². The van der Waals surface area contributed by atoms with Crippen LogP contribution in [-0.4, -0.2) is 37.8 Å². The molecule has 3 rings (SSSR count). The first kappa shape index (κ1) is 20.6. The highest BCUT2D eigenvalue weighted by molar-refractivity contribution is 5.59. The molecule has 2 atom stereocenters. The van der Waals surface area contributed by atoms with Crippen LogP contribution in [-0.2, 0) is 5.60 Å². The van der Waals surface area contributed by atoms with Crippen LogP contribution in [0.25, 0.3) is 6.08 Å². The van der Waals surface area contributed by atoms with Gasteiger partial charge in [-0.05, 0) is 86.8 Å². The summed E-state index contributed by atoms with van der Waals surface area (Å²) in [4.78, 5) is 2.11. The Balaban J connectivity index is 2.12. The van der Waals surface area contributed by atoms with Gasteiger partial charge in [-0.3, -0.25) is 0 Å². The summed E-state index contributed by atoms with van der Waals surface area (Å²) in [6.45, 7) is 2.51. The standard InChI is InChI=1S/C24H30FNO2/c1-17-13-20(11-12-23(17)25)24(27)19(8-6-9-21(24)16-26(2)3)14-18-7-5-10-22(15-18)28-4/h5,7,10-15,21,27H,6,8-9,16H2,1-4H3/b19-14+. The molecule has 28 heavy (non-hydrogen) atoms. The lowest BCUT2D eigenvalue weighted by Crippen LogP contribution is -2.44. The van der Waals surface area contributed by atoms with Gasteiger partial charge in [-0.2, -0.15) is 0 Å². The summed E-state index contributed by atoms with van der Waals surface area (Å²) in [6.07, 6.45) is 4.84. The van der Waals surface area contributed by atoms with Gasteiger partial charge in [0.2, 0.25) is 0 Å². The van der Waals surface area contributed by atoms with Crippen molar-refractivity contribution in [1.82, 2.24) is 4.90 Å². The SMILES string of the molecule is COc1cccc(/C=C2\CCCC(CN(C)C)C2(O)c2ccc(F)c(C)c2)c1. The molecule has 0 amide bonds. The molecule has 1 fully saturated rings. The summed E-state index contributed by atoms with van der Waals surface area (Å²) in [5.41, 5.74) is 2.18. The molecule has 0 bridgehead atoms. The van der Waals surface area contributed by atoms with Gasteiger partial charge in [0.1, 0.15) is 17.2 Å². The molecule has 1 saturated carbocycles. The van der Waals surface area contributed by atoms with Crippen molar-refractivity contribution in [1.29, 1.82) is 0 Å². The predicted molar refractivity (Wildman–Crippen MR) is 112 cm³/mol. The third kappa shape index (κ3) is 4.13. The van der Waals surface area contributed by atoms with Crippen molar-refractivity contribution in [2.45, 2.75) is 31.8 Å². The number of ether oxygens (including phenoxy) is 1. The first-order valence-corrected chi connectivity index (χ1v) is 9.83. The largest absolute Gasteiger partial charge is 0.497 e. The third-order valence-corrected chi connectivity index (χ3v) is 5.70. The van der Waals surface area contributed by atoms with Crippen LogP contribution in [0.3, 0.4) is 0 Å². The Labute approximate surface area is 167 Å². The molecule has 4 heteroatoms. The Bertz CT molecular complexity index is 861. The summed E-state index contributed by atoms with van der Waals surface area (Å²) in [5.74, 6) is 0.583. The van der Waals surface area contributed by atoms with E-state index in [2.05, 4.69) is 11.0 Å². The lowest BCUT2D eigenvalue weighted by molar-refractivity contribution is -0.0175. The minimum absolute atomic E-state index is 0.0398. The van der Waals surface area contributed by atoms with Crippen LogP contribution in [0.1, 0.15) is 36.0 Å². The summed E-state index contributed by atoms with van der Waals surface area (Å²) in [5, 5.41) is 12.1. The minimum Gasteiger partial charge on any atom is -0.497 e. The Morgan fingerprint density at radius 3 is 2.71 bits per heavy atom. The maximum Gasteiger partial charge on any atom is 0.126 e. The summed E-state index contributed by atoms with van der Waals surface area (Å²) < 4.78 is 19.3. The maximum atomic E-state index is 13.9. The second-order valence-electron chi connectivity index (χ2n) is 8.03. The van der Waals surface area contributed by atoms with Crippen LogP contribution in [0.15, 0.2) is 48.0 Å². The molecule has 0 spiro atoms. The molecule has 2 unspecified atom stereocenters. The van der Waals surface area contributed by atoms with E-state index < -0.39 is 5.60 Å². The average Bonchev–Trinajstić information content (AvgIpc) is 2.67. The summed E-state index contributed by atoms with van der Waals surface area (Å²) >= 11 is 0. The first-order chi connectivity index (χ1) is 13.3. The lowest BCUT2D eigenvalue weighted by Gasteiger charge is -2.44. The van der Waals surface area contributed by atoms with Crippen LogP contribution in [0.5, 0.6) is 5.75 Å². The molecule has 0 aromatic heterocycles. The molecule has 2 aromatic rings. The van der Waals surface area contributed by atoms with Crippen molar-refractivity contribution in [2.75, 3.05) is 27.7 Å². The molecule has 1 N–H and O–H groups in total. The van der Waals surface area contributed by atoms with Gasteiger partial charge in [0.05, 0.1) is 7.11 Å². The number of nitrogens with zero attached hydrogens (tertiary/aromatic N) is 1. The third-order valence-electron chi connectivity index (χ3n) is 5.70. The van der Waals surface area contributed by atoms with E-state index >= 15 is 0 Å². The maximum absolute atomic E-state index is 13.9. The lowest BCUT2D eigenvalue weighted by atomic mass is 9.67. The highest BCUT2D eigenvalue weighted by Crippen LogP contribution is 2.46. The highest BCUT2D eigenvalue weighted by Gasteiger charge is 2.44. The quantitative estimate of drug-likeness (QED) is 0.807. The van der Waals surface area contributed by atoms with E-state index in [0.717, 1.165) is 48.3 Å². The number of hydrogen-bond acceptors (Lipinski definition) is 3. The second kappa shape index (κ2) is 8.46. The Kier molecular flexibility index (Phi) is 6.21. The predicted octanol–water partition coefficient (Wildman–Crippen LogP) is 4.78. The molecular formula is C24H30FNO2. The molecule has 2 aromatic carbocycles. The van der Waals surface area contributed by atoms with Crippen molar-refractivity contribution in [3.8, 4) is 5.75 Å². The molecule has 0 heterocycles. The van der Waals surface area contributed by atoms with E-state index in [-0.39, 0.29) is 11.7 Å². The number of rotatable bonds is 5. The molecule has 0 radical (unpaired) electrons. The zero-order valence-electron chi connectivity index (χ0n) is 17.2. The van der Waals surface area contributed by atoms with Gasteiger partial charge in [0, 0.05) is 12.5 Å². The average molecular weight is 384 g/mol. The number of halogens is 1. The van der Waals surface area contributed by atoms with Gasteiger partial charge in [0.15, 0.2) is 0 Å². The smallest absolute Gasteiger partial charge is 0.126 e. The van der Waals surface area contributed by atoms with Crippen molar-refractivity contribution < 1.29 is 14.2 Å². The monoisotopic (exact) mass is 383 g/mol. The Morgan fingerprint density at radius 1 is 1.25 bits per heavy atom. The Hall–Kier alpha value is -2.17.